The smallest absolute Gasteiger partial charge is 0.240 e. The summed E-state index contributed by atoms with van der Waals surface area (Å²) in [6, 6.07) is 8.13. The summed E-state index contributed by atoms with van der Waals surface area (Å²) in [5, 5.41) is 9.31. The molecule has 29 heavy (non-hydrogen) atoms. The van der Waals surface area contributed by atoms with Gasteiger partial charge < -0.3 is 15.5 Å². The molecule has 0 spiro atoms. The van der Waals surface area contributed by atoms with Crippen molar-refractivity contribution < 1.29 is 9.18 Å². The lowest BCUT2D eigenvalue weighted by molar-refractivity contribution is -0.139. The number of carbonyl (C=O) groups excluding carboxylic acids is 1. The maximum Gasteiger partial charge on any atom is 0.240 e. The molecule has 0 radical (unpaired) electrons. The fourth-order valence-electron chi connectivity index (χ4n) is 5.14. The summed E-state index contributed by atoms with van der Waals surface area (Å²) in [5.74, 6) is -0.193. The zero-order valence-electron chi connectivity index (χ0n) is 16.8. The number of fused-ring (bicyclic) bond motifs is 2. The van der Waals surface area contributed by atoms with E-state index in [4.69, 9.17) is 5.73 Å². The number of nitriles is 1. The van der Waals surface area contributed by atoms with Crippen LogP contribution in [0.2, 0.25) is 0 Å². The Balaban J connectivity index is 1.40. The predicted molar refractivity (Wildman–Crippen MR) is 108 cm³/mol. The van der Waals surface area contributed by atoms with Crippen molar-refractivity contribution in [1.29, 1.82) is 5.26 Å². The molecule has 1 amide bonds. The van der Waals surface area contributed by atoms with Gasteiger partial charge in [0.2, 0.25) is 5.91 Å². The van der Waals surface area contributed by atoms with Crippen molar-refractivity contribution in [1.82, 2.24) is 14.7 Å². The Labute approximate surface area is 171 Å². The van der Waals surface area contributed by atoms with E-state index in [1.165, 1.54) is 12.1 Å². The molecule has 2 bridgehead atoms. The van der Waals surface area contributed by atoms with E-state index >= 15 is 0 Å². The highest BCUT2D eigenvalue weighted by Crippen LogP contribution is 2.38. The number of carbonyl (C=O) groups is 1. The third-order valence-corrected chi connectivity index (χ3v) is 6.69. The van der Waals surface area contributed by atoms with E-state index in [-0.39, 0.29) is 41.9 Å². The average Bonchev–Trinajstić information content (AvgIpc) is 3.41. The Morgan fingerprint density at radius 3 is 2.97 bits per heavy atom. The van der Waals surface area contributed by atoms with Gasteiger partial charge in [-0.05, 0) is 43.9 Å². The zero-order valence-corrected chi connectivity index (χ0v) is 16.8. The number of rotatable bonds is 6. The molecule has 3 saturated heterocycles. The number of hydrogen-bond acceptors (Lipinski definition) is 5. The fourth-order valence-corrected chi connectivity index (χ4v) is 5.14. The first-order valence-corrected chi connectivity index (χ1v) is 10.3. The van der Waals surface area contributed by atoms with Crippen molar-refractivity contribution in [3.8, 4) is 6.07 Å². The molecule has 1 aromatic rings. The molecule has 0 aliphatic carbocycles. The minimum atomic E-state index is -0.301. The van der Waals surface area contributed by atoms with Crippen LogP contribution in [0.15, 0.2) is 36.5 Å². The van der Waals surface area contributed by atoms with E-state index in [2.05, 4.69) is 17.5 Å². The summed E-state index contributed by atoms with van der Waals surface area (Å²) in [6.45, 7) is 8.24. The molecule has 3 fully saturated rings. The van der Waals surface area contributed by atoms with E-state index in [1.807, 2.05) is 22.8 Å². The highest BCUT2D eigenvalue weighted by atomic mass is 19.1. The number of amides is 1. The van der Waals surface area contributed by atoms with Crippen molar-refractivity contribution in [2.45, 2.75) is 56.4 Å². The molecule has 7 heteroatoms. The molecule has 3 aliphatic rings. The van der Waals surface area contributed by atoms with Gasteiger partial charge in [-0.3, -0.25) is 9.69 Å². The molecule has 4 rings (SSSR count). The number of nitrogens with two attached hydrogens (primary N) is 1. The van der Waals surface area contributed by atoms with Crippen LogP contribution in [0.5, 0.6) is 0 Å². The average molecular weight is 397 g/mol. The van der Waals surface area contributed by atoms with Crippen LogP contribution < -0.4 is 5.73 Å². The second-order valence-electron chi connectivity index (χ2n) is 8.41. The lowest BCUT2D eigenvalue weighted by Gasteiger charge is -2.39. The molecule has 3 heterocycles. The van der Waals surface area contributed by atoms with Crippen molar-refractivity contribution >= 4 is 5.91 Å². The Morgan fingerprint density at radius 2 is 2.28 bits per heavy atom. The van der Waals surface area contributed by atoms with Gasteiger partial charge in [-0.15, -0.1) is 0 Å². The Bertz CT molecular complexity index is 852. The summed E-state index contributed by atoms with van der Waals surface area (Å²) < 4.78 is 13.6. The van der Waals surface area contributed by atoms with E-state index < -0.39 is 0 Å². The summed E-state index contributed by atoms with van der Waals surface area (Å²) in [5.41, 5.74) is 8.02. The second-order valence-corrected chi connectivity index (χ2v) is 8.41. The lowest BCUT2D eigenvalue weighted by atomic mass is 10.1. The Hall–Kier alpha value is -2.43. The molecule has 5 unspecified atom stereocenters. The van der Waals surface area contributed by atoms with Gasteiger partial charge in [0.05, 0.1) is 24.2 Å². The number of halogens is 1. The highest BCUT2D eigenvalue weighted by molar-refractivity contribution is 5.86. The van der Waals surface area contributed by atoms with Crippen LogP contribution in [-0.2, 0) is 4.79 Å². The Morgan fingerprint density at radius 1 is 1.48 bits per heavy atom. The van der Waals surface area contributed by atoms with E-state index in [0.29, 0.717) is 6.54 Å². The first kappa shape index (κ1) is 19.9. The third kappa shape index (κ3) is 3.52. The van der Waals surface area contributed by atoms with Gasteiger partial charge in [-0.1, -0.05) is 18.7 Å². The maximum absolute atomic E-state index is 13.6. The molecular weight excluding hydrogens is 369 g/mol. The molecule has 154 valence electrons. The van der Waals surface area contributed by atoms with Gasteiger partial charge >= 0.3 is 0 Å². The summed E-state index contributed by atoms with van der Waals surface area (Å²) in [4.78, 5) is 19.1. The van der Waals surface area contributed by atoms with Gasteiger partial charge in [-0.25, -0.2) is 4.39 Å². The number of nitrogens with zero attached hydrogens (tertiary/aromatic N) is 4. The molecule has 5 atom stereocenters. The Kier molecular flexibility index (Phi) is 5.32. The standard InChI is InChI=1S/C22H28FN5O/c1-14(16-5-3-6-17(23)9-16)28-19-10-21(22(28)29)26(12-19)13-20(25)15(2)27-8-4-7-18(27)11-24/h3,5-6,9,14,18-21H,2,4,7-8,10,12-13,25H2,1H3. The molecule has 3 aliphatic heterocycles. The van der Waals surface area contributed by atoms with Crippen molar-refractivity contribution in [3.63, 3.8) is 0 Å². The van der Waals surface area contributed by atoms with Crippen LogP contribution in [0.25, 0.3) is 0 Å². The summed E-state index contributed by atoms with van der Waals surface area (Å²) in [6.07, 6.45) is 2.61. The van der Waals surface area contributed by atoms with Crippen LogP contribution in [0.4, 0.5) is 4.39 Å². The predicted octanol–water partition coefficient (Wildman–Crippen LogP) is 2.00. The highest BCUT2D eigenvalue weighted by Gasteiger charge is 2.51. The topological polar surface area (TPSA) is 76.6 Å². The maximum atomic E-state index is 13.6. The summed E-state index contributed by atoms with van der Waals surface area (Å²) >= 11 is 0. The van der Waals surface area contributed by atoms with Gasteiger partial charge in [0.25, 0.3) is 0 Å². The molecule has 6 nitrogen and oxygen atoms in total. The number of benzene rings is 1. The van der Waals surface area contributed by atoms with Crippen LogP contribution in [0.3, 0.4) is 0 Å². The minimum Gasteiger partial charge on any atom is -0.358 e. The van der Waals surface area contributed by atoms with Crippen LogP contribution >= 0.6 is 0 Å². The third-order valence-electron chi connectivity index (χ3n) is 6.69. The van der Waals surface area contributed by atoms with Crippen LogP contribution in [0.1, 0.15) is 37.8 Å². The number of hydrogen-bond donors (Lipinski definition) is 1. The van der Waals surface area contributed by atoms with Crippen molar-refractivity contribution in [2.24, 2.45) is 5.73 Å². The van der Waals surface area contributed by atoms with E-state index in [1.54, 1.807) is 6.07 Å². The minimum absolute atomic E-state index is 0.0897. The lowest BCUT2D eigenvalue weighted by Crippen LogP contribution is -2.54. The van der Waals surface area contributed by atoms with Crippen molar-refractivity contribution in [3.05, 3.63) is 47.9 Å². The first-order valence-electron chi connectivity index (χ1n) is 10.3. The molecule has 2 N–H and O–H groups in total. The van der Waals surface area contributed by atoms with E-state index in [0.717, 1.165) is 43.6 Å². The largest absolute Gasteiger partial charge is 0.358 e. The molecule has 0 aromatic heterocycles. The normalized spacial score (nSPS) is 28.6. The molecule has 1 aromatic carbocycles. The van der Waals surface area contributed by atoms with Gasteiger partial charge in [0, 0.05) is 31.4 Å². The fraction of sp³-hybridized carbons (Fsp3) is 0.545. The monoisotopic (exact) mass is 397 g/mol. The SMILES string of the molecule is C=C(C(N)CN1CC2CC1C(=O)N2C(C)c1cccc(F)c1)N1CCCC1C#N. The van der Waals surface area contributed by atoms with E-state index in [9.17, 15) is 14.4 Å². The first-order chi connectivity index (χ1) is 13.9. The quantitative estimate of drug-likeness (QED) is 0.795. The summed E-state index contributed by atoms with van der Waals surface area (Å²) in [7, 11) is 0. The van der Waals surface area contributed by atoms with Gasteiger partial charge in [0.15, 0.2) is 0 Å². The van der Waals surface area contributed by atoms with Crippen LogP contribution in [0, 0.1) is 17.1 Å². The zero-order chi connectivity index (χ0) is 20.7. The van der Waals surface area contributed by atoms with Gasteiger partial charge in [-0.2, -0.15) is 5.26 Å². The second kappa shape index (κ2) is 7.77. The van der Waals surface area contributed by atoms with Crippen molar-refractivity contribution in [2.75, 3.05) is 19.6 Å². The number of likely N-dealkylation sites (tertiary alicyclic amines) is 3. The number of piperazine rings is 1. The molecule has 0 saturated carbocycles. The molecular formula is C22H28FN5O. The van der Waals surface area contributed by atoms with Gasteiger partial charge in [0.1, 0.15) is 11.9 Å². The van der Waals surface area contributed by atoms with Crippen LogP contribution in [-0.4, -0.2) is 64.4 Å².